The largest absolute Gasteiger partial charge is 0.338 e. The van der Waals surface area contributed by atoms with Gasteiger partial charge in [-0.3, -0.25) is 0 Å². The first-order chi connectivity index (χ1) is 9.28. The van der Waals surface area contributed by atoms with E-state index < -0.39 is 0 Å². The fourth-order valence-electron chi connectivity index (χ4n) is 2.37. The highest BCUT2D eigenvalue weighted by Crippen LogP contribution is 2.25. The second-order valence-electron chi connectivity index (χ2n) is 4.54. The molecule has 0 saturated carbocycles. The Bertz CT molecular complexity index is 699. The third kappa shape index (κ3) is 2.61. The van der Waals surface area contributed by atoms with E-state index in [4.69, 9.17) is 0 Å². The van der Waals surface area contributed by atoms with Crippen LogP contribution in [-0.2, 0) is 13.1 Å². The van der Waals surface area contributed by atoms with E-state index in [2.05, 4.69) is 67.6 Å². The van der Waals surface area contributed by atoms with Crippen LogP contribution in [0, 0.1) is 0 Å². The van der Waals surface area contributed by atoms with Crippen molar-refractivity contribution in [3.05, 3.63) is 56.8 Å². The maximum atomic E-state index is 3.52. The number of hydrogen-bond acceptors (Lipinski definition) is 2. The zero-order valence-electron chi connectivity index (χ0n) is 10.7. The highest BCUT2D eigenvalue weighted by Gasteiger charge is 2.09. The van der Waals surface area contributed by atoms with Crippen LogP contribution >= 0.6 is 27.3 Å². The number of fused-ring (bicyclic) bond motifs is 1. The standard InChI is InChI=1S/C15H15BrN2S/c1-17-8-13-6-11-4-2-3-5-15(11)18(13)9-14-7-12(16)10-19-14/h2-7,10,17H,8-9H2,1H3. The molecular weight excluding hydrogens is 320 g/mol. The second kappa shape index (κ2) is 5.49. The lowest BCUT2D eigenvalue weighted by molar-refractivity contribution is 0.713. The molecule has 0 radical (unpaired) electrons. The van der Waals surface area contributed by atoms with Crippen LogP contribution in [0.25, 0.3) is 10.9 Å². The Labute approximate surface area is 125 Å². The predicted octanol–water partition coefficient (Wildman–Crippen LogP) is 4.23. The number of halogens is 1. The number of nitrogens with zero attached hydrogens (tertiary/aromatic N) is 1. The summed E-state index contributed by atoms with van der Waals surface area (Å²) in [6.07, 6.45) is 0. The fraction of sp³-hybridized carbons (Fsp3) is 0.200. The SMILES string of the molecule is CNCc1cc2ccccc2n1Cc1cc(Br)cs1. The highest BCUT2D eigenvalue weighted by atomic mass is 79.9. The summed E-state index contributed by atoms with van der Waals surface area (Å²) in [7, 11) is 1.99. The molecule has 0 aliphatic carbocycles. The molecule has 0 fully saturated rings. The minimum absolute atomic E-state index is 0.890. The summed E-state index contributed by atoms with van der Waals surface area (Å²) >= 11 is 5.32. The Morgan fingerprint density at radius 1 is 1.26 bits per heavy atom. The Hall–Kier alpha value is -1.10. The average Bonchev–Trinajstić information content (AvgIpc) is 2.96. The summed E-state index contributed by atoms with van der Waals surface area (Å²) in [6, 6.07) is 13.0. The normalized spacial score (nSPS) is 11.3. The summed E-state index contributed by atoms with van der Waals surface area (Å²) in [5, 5.41) is 6.70. The van der Waals surface area contributed by atoms with Crippen molar-refractivity contribution in [1.82, 2.24) is 9.88 Å². The first-order valence-corrected chi connectivity index (χ1v) is 7.90. The zero-order chi connectivity index (χ0) is 13.2. The fourth-order valence-corrected chi connectivity index (χ4v) is 3.81. The van der Waals surface area contributed by atoms with E-state index in [9.17, 15) is 0 Å². The molecule has 0 saturated heterocycles. The molecule has 3 aromatic rings. The molecule has 0 aliphatic rings. The van der Waals surface area contributed by atoms with Gasteiger partial charge in [-0.15, -0.1) is 11.3 Å². The van der Waals surface area contributed by atoms with Crippen LogP contribution in [-0.4, -0.2) is 11.6 Å². The molecular formula is C15H15BrN2S. The van der Waals surface area contributed by atoms with Crippen LogP contribution < -0.4 is 5.32 Å². The molecule has 2 aromatic heterocycles. The van der Waals surface area contributed by atoms with Gasteiger partial charge in [0.2, 0.25) is 0 Å². The van der Waals surface area contributed by atoms with Crippen LogP contribution in [0.15, 0.2) is 46.3 Å². The molecule has 2 nitrogen and oxygen atoms in total. The lowest BCUT2D eigenvalue weighted by atomic mass is 10.2. The number of hydrogen-bond donors (Lipinski definition) is 1. The number of aromatic nitrogens is 1. The molecule has 0 amide bonds. The van der Waals surface area contributed by atoms with Gasteiger partial charge in [0, 0.05) is 32.5 Å². The van der Waals surface area contributed by atoms with Gasteiger partial charge in [0.05, 0.1) is 6.54 Å². The first kappa shape index (κ1) is 12.9. The molecule has 2 heterocycles. The Kier molecular flexibility index (Phi) is 3.73. The monoisotopic (exact) mass is 334 g/mol. The molecule has 0 bridgehead atoms. The van der Waals surface area contributed by atoms with Gasteiger partial charge in [0.15, 0.2) is 0 Å². The van der Waals surface area contributed by atoms with Crippen molar-refractivity contribution in [3.8, 4) is 0 Å². The molecule has 3 rings (SSSR count). The van der Waals surface area contributed by atoms with E-state index in [1.165, 1.54) is 25.9 Å². The van der Waals surface area contributed by atoms with Crippen molar-refractivity contribution in [1.29, 1.82) is 0 Å². The lowest BCUT2D eigenvalue weighted by Gasteiger charge is -2.09. The maximum absolute atomic E-state index is 3.52. The van der Waals surface area contributed by atoms with E-state index in [1.807, 2.05) is 7.05 Å². The molecule has 19 heavy (non-hydrogen) atoms. The number of benzene rings is 1. The topological polar surface area (TPSA) is 17.0 Å². The van der Waals surface area contributed by atoms with Gasteiger partial charge >= 0.3 is 0 Å². The van der Waals surface area contributed by atoms with Crippen LogP contribution in [0.4, 0.5) is 0 Å². The Morgan fingerprint density at radius 2 is 2.11 bits per heavy atom. The molecule has 0 unspecified atom stereocenters. The number of rotatable bonds is 4. The van der Waals surface area contributed by atoms with Crippen molar-refractivity contribution in [2.75, 3.05) is 7.05 Å². The molecule has 0 atom stereocenters. The predicted molar refractivity (Wildman–Crippen MR) is 85.8 cm³/mol. The van der Waals surface area contributed by atoms with Gasteiger partial charge in [0.25, 0.3) is 0 Å². The number of para-hydroxylation sites is 1. The molecule has 0 spiro atoms. The van der Waals surface area contributed by atoms with Gasteiger partial charge in [-0.2, -0.15) is 0 Å². The first-order valence-electron chi connectivity index (χ1n) is 6.22. The molecule has 98 valence electrons. The van der Waals surface area contributed by atoms with Gasteiger partial charge in [0.1, 0.15) is 0 Å². The minimum Gasteiger partial charge on any atom is -0.338 e. The highest BCUT2D eigenvalue weighted by molar-refractivity contribution is 9.10. The van der Waals surface area contributed by atoms with Crippen LogP contribution in [0.1, 0.15) is 10.6 Å². The van der Waals surface area contributed by atoms with E-state index in [0.29, 0.717) is 0 Å². The Morgan fingerprint density at radius 3 is 2.84 bits per heavy atom. The average molecular weight is 335 g/mol. The van der Waals surface area contributed by atoms with E-state index in [0.717, 1.165) is 13.1 Å². The van der Waals surface area contributed by atoms with Gasteiger partial charge in [-0.05, 0) is 46.6 Å². The van der Waals surface area contributed by atoms with Crippen LogP contribution in [0.2, 0.25) is 0 Å². The van der Waals surface area contributed by atoms with E-state index in [-0.39, 0.29) is 0 Å². The minimum atomic E-state index is 0.890. The third-order valence-corrected chi connectivity index (χ3v) is 4.87. The van der Waals surface area contributed by atoms with Gasteiger partial charge in [-0.1, -0.05) is 18.2 Å². The molecule has 1 N–H and O–H groups in total. The zero-order valence-corrected chi connectivity index (χ0v) is 13.1. The summed E-state index contributed by atoms with van der Waals surface area (Å²) in [5.74, 6) is 0. The molecule has 1 aromatic carbocycles. The van der Waals surface area contributed by atoms with Gasteiger partial charge in [-0.25, -0.2) is 0 Å². The van der Waals surface area contributed by atoms with E-state index in [1.54, 1.807) is 11.3 Å². The molecule has 0 aliphatic heterocycles. The van der Waals surface area contributed by atoms with Crippen LogP contribution in [0.5, 0.6) is 0 Å². The van der Waals surface area contributed by atoms with Crippen molar-refractivity contribution in [3.63, 3.8) is 0 Å². The lowest BCUT2D eigenvalue weighted by Crippen LogP contribution is -2.11. The quantitative estimate of drug-likeness (QED) is 0.755. The smallest absolute Gasteiger partial charge is 0.0573 e. The maximum Gasteiger partial charge on any atom is 0.0573 e. The number of thiophene rings is 1. The van der Waals surface area contributed by atoms with Crippen molar-refractivity contribution in [2.45, 2.75) is 13.1 Å². The summed E-state index contributed by atoms with van der Waals surface area (Å²) in [5.41, 5.74) is 2.63. The number of nitrogens with one attached hydrogen (secondary N) is 1. The van der Waals surface area contributed by atoms with Crippen molar-refractivity contribution in [2.24, 2.45) is 0 Å². The summed E-state index contributed by atoms with van der Waals surface area (Å²) in [6.45, 7) is 1.82. The van der Waals surface area contributed by atoms with Crippen LogP contribution in [0.3, 0.4) is 0 Å². The van der Waals surface area contributed by atoms with E-state index >= 15 is 0 Å². The summed E-state index contributed by atoms with van der Waals surface area (Å²) < 4.78 is 3.56. The molecule has 4 heteroatoms. The Balaban J connectivity index is 2.06. The van der Waals surface area contributed by atoms with Crippen molar-refractivity contribution >= 4 is 38.2 Å². The second-order valence-corrected chi connectivity index (χ2v) is 6.45. The third-order valence-electron chi connectivity index (χ3n) is 3.19. The summed E-state index contributed by atoms with van der Waals surface area (Å²) in [4.78, 5) is 1.37. The van der Waals surface area contributed by atoms with Crippen molar-refractivity contribution < 1.29 is 0 Å². The van der Waals surface area contributed by atoms with Gasteiger partial charge < -0.3 is 9.88 Å².